The van der Waals surface area contributed by atoms with Crippen LogP contribution in [0.5, 0.6) is 11.5 Å². The highest BCUT2D eigenvalue weighted by Gasteiger charge is 2.13. The van der Waals surface area contributed by atoms with Gasteiger partial charge in [-0.2, -0.15) is 8.78 Å². The minimum absolute atomic E-state index is 0.0182. The maximum absolute atomic E-state index is 12.2. The van der Waals surface area contributed by atoms with Gasteiger partial charge >= 0.3 is 6.61 Å². The number of rotatable bonds is 5. The lowest BCUT2D eigenvalue weighted by Gasteiger charge is -2.12. The second-order valence-corrected chi connectivity index (χ2v) is 2.90. The van der Waals surface area contributed by atoms with Gasteiger partial charge in [-0.05, 0) is 6.07 Å². The number of nitrogens with two attached hydrogens (primary N) is 1. The highest BCUT2D eigenvalue weighted by molar-refractivity contribution is 5.62. The van der Waals surface area contributed by atoms with Crippen molar-refractivity contribution in [2.24, 2.45) is 5.73 Å². The topological polar surface area (TPSA) is 44.5 Å². The van der Waals surface area contributed by atoms with E-state index >= 15 is 0 Å². The summed E-state index contributed by atoms with van der Waals surface area (Å²) in [4.78, 5) is 0. The molecule has 1 rings (SSSR count). The van der Waals surface area contributed by atoms with Crippen LogP contribution in [0.25, 0.3) is 6.08 Å². The number of methoxy groups -OCH3 is 1. The third-order valence-corrected chi connectivity index (χ3v) is 1.87. The van der Waals surface area contributed by atoms with Crippen molar-refractivity contribution in [3.63, 3.8) is 0 Å². The van der Waals surface area contributed by atoms with E-state index < -0.39 is 6.61 Å². The van der Waals surface area contributed by atoms with Gasteiger partial charge in [0.1, 0.15) is 0 Å². The second-order valence-electron chi connectivity index (χ2n) is 2.90. The summed E-state index contributed by atoms with van der Waals surface area (Å²) in [6, 6.07) is 4.89. The molecule has 1 aromatic rings. The lowest BCUT2D eigenvalue weighted by Crippen LogP contribution is -2.05. The van der Waals surface area contributed by atoms with E-state index in [2.05, 4.69) is 4.74 Å². The van der Waals surface area contributed by atoms with Gasteiger partial charge < -0.3 is 15.2 Å². The molecule has 16 heavy (non-hydrogen) atoms. The van der Waals surface area contributed by atoms with Crippen LogP contribution in [-0.2, 0) is 0 Å². The first-order valence-corrected chi connectivity index (χ1v) is 4.67. The Kier molecular flexibility index (Phi) is 4.72. The molecule has 2 N–H and O–H groups in total. The fraction of sp³-hybridized carbons (Fsp3) is 0.273. The molecule has 0 spiro atoms. The number of ether oxygens (including phenoxy) is 2. The van der Waals surface area contributed by atoms with Gasteiger partial charge in [-0.1, -0.05) is 24.3 Å². The molecule has 0 aliphatic rings. The smallest absolute Gasteiger partial charge is 0.387 e. The fourth-order valence-corrected chi connectivity index (χ4v) is 1.24. The summed E-state index contributed by atoms with van der Waals surface area (Å²) >= 11 is 0. The summed E-state index contributed by atoms with van der Waals surface area (Å²) in [6.07, 6.45) is 3.26. The molecule has 3 nitrogen and oxygen atoms in total. The van der Waals surface area contributed by atoms with Gasteiger partial charge in [0.15, 0.2) is 11.5 Å². The Labute approximate surface area is 92.5 Å². The molecule has 0 heterocycles. The van der Waals surface area contributed by atoms with Crippen molar-refractivity contribution in [3.8, 4) is 11.5 Å². The molecule has 0 radical (unpaired) electrons. The van der Waals surface area contributed by atoms with Crippen molar-refractivity contribution >= 4 is 6.08 Å². The van der Waals surface area contributed by atoms with E-state index in [0.29, 0.717) is 12.1 Å². The molecule has 0 amide bonds. The molecule has 0 saturated heterocycles. The SMILES string of the molecule is COc1cccc(C=CCN)c1OC(F)F. The van der Waals surface area contributed by atoms with E-state index in [1.807, 2.05) is 0 Å². The van der Waals surface area contributed by atoms with Crippen LogP contribution in [0.15, 0.2) is 24.3 Å². The van der Waals surface area contributed by atoms with Crippen LogP contribution < -0.4 is 15.2 Å². The maximum Gasteiger partial charge on any atom is 0.387 e. The van der Waals surface area contributed by atoms with Gasteiger partial charge in [0.2, 0.25) is 0 Å². The normalized spacial score (nSPS) is 11.1. The van der Waals surface area contributed by atoms with Crippen LogP contribution in [0.3, 0.4) is 0 Å². The summed E-state index contributed by atoms with van der Waals surface area (Å²) in [5, 5.41) is 0. The van der Waals surface area contributed by atoms with Crippen LogP contribution in [0.2, 0.25) is 0 Å². The zero-order valence-corrected chi connectivity index (χ0v) is 8.82. The van der Waals surface area contributed by atoms with Crippen LogP contribution in [0, 0.1) is 0 Å². The van der Waals surface area contributed by atoms with E-state index in [9.17, 15) is 8.78 Å². The van der Waals surface area contributed by atoms with E-state index in [1.54, 1.807) is 30.4 Å². The first-order valence-electron chi connectivity index (χ1n) is 4.67. The molecule has 0 saturated carbocycles. The van der Waals surface area contributed by atoms with Crippen molar-refractivity contribution < 1.29 is 18.3 Å². The Morgan fingerprint density at radius 3 is 2.75 bits per heavy atom. The van der Waals surface area contributed by atoms with E-state index in [1.165, 1.54) is 7.11 Å². The lowest BCUT2D eigenvalue weighted by atomic mass is 10.1. The summed E-state index contributed by atoms with van der Waals surface area (Å²) < 4.78 is 33.8. The van der Waals surface area contributed by atoms with Crippen LogP contribution in [0.4, 0.5) is 8.78 Å². The first-order chi connectivity index (χ1) is 7.69. The van der Waals surface area contributed by atoms with E-state index in [4.69, 9.17) is 10.5 Å². The zero-order valence-electron chi connectivity index (χ0n) is 8.82. The van der Waals surface area contributed by atoms with Gasteiger partial charge in [0.25, 0.3) is 0 Å². The molecule has 0 atom stereocenters. The molecule has 0 aliphatic heterocycles. The average Bonchev–Trinajstić information content (AvgIpc) is 2.27. The largest absolute Gasteiger partial charge is 0.493 e. The number of para-hydroxylation sites is 1. The summed E-state index contributed by atoms with van der Waals surface area (Å²) in [5.41, 5.74) is 5.80. The van der Waals surface area contributed by atoms with Crippen LogP contribution >= 0.6 is 0 Å². The molecule has 0 fully saturated rings. The van der Waals surface area contributed by atoms with E-state index in [0.717, 1.165) is 0 Å². The Bertz CT molecular complexity index is 367. The molecule has 0 bridgehead atoms. The second kappa shape index (κ2) is 6.07. The van der Waals surface area contributed by atoms with Gasteiger partial charge in [-0.15, -0.1) is 0 Å². The molecule has 1 aromatic carbocycles. The van der Waals surface area contributed by atoms with E-state index in [-0.39, 0.29) is 11.5 Å². The summed E-state index contributed by atoms with van der Waals surface area (Å²) in [6.45, 7) is -2.56. The maximum atomic E-state index is 12.2. The van der Waals surface area contributed by atoms with Crippen LogP contribution in [0.1, 0.15) is 5.56 Å². The van der Waals surface area contributed by atoms with Crippen molar-refractivity contribution in [3.05, 3.63) is 29.8 Å². The minimum atomic E-state index is -2.89. The Morgan fingerprint density at radius 2 is 2.19 bits per heavy atom. The summed E-state index contributed by atoms with van der Waals surface area (Å²) in [5.74, 6) is 0.282. The molecule has 0 aromatic heterocycles. The molecule has 5 heteroatoms. The number of hydrogen-bond acceptors (Lipinski definition) is 3. The third-order valence-electron chi connectivity index (χ3n) is 1.87. The third kappa shape index (κ3) is 3.20. The standard InChI is InChI=1S/C11H13F2NO2/c1-15-9-6-2-4-8(5-3-7-14)10(9)16-11(12)13/h2-6,11H,7,14H2,1H3. The van der Waals surface area contributed by atoms with Gasteiger partial charge in [-0.3, -0.25) is 0 Å². The predicted molar refractivity (Wildman–Crippen MR) is 57.7 cm³/mol. The molecular formula is C11H13F2NO2. The summed E-state index contributed by atoms with van der Waals surface area (Å²) in [7, 11) is 1.39. The number of benzene rings is 1. The fourth-order valence-electron chi connectivity index (χ4n) is 1.24. The van der Waals surface area contributed by atoms with Crippen LogP contribution in [-0.4, -0.2) is 20.3 Å². The quantitative estimate of drug-likeness (QED) is 0.842. The highest BCUT2D eigenvalue weighted by atomic mass is 19.3. The number of alkyl halides is 2. The number of hydrogen-bond donors (Lipinski definition) is 1. The molecule has 0 unspecified atom stereocenters. The lowest BCUT2D eigenvalue weighted by molar-refractivity contribution is -0.0513. The predicted octanol–water partition coefficient (Wildman–Crippen LogP) is 2.27. The van der Waals surface area contributed by atoms with Crippen molar-refractivity contribution in [1.29, 1.82) is 0 Å². The molecule has 0 aliphatic carbocycles. The van der Waals surface area contributed by atoms with Crippen molar-refractivity contribution in [2.75, 3.05) is 13.7 Å². The Morgan fingerprint density at radius 1 is 1.44 bits per heavy atom. The highest BCUT2D eigenvalue weighted by Crippen LogP contribution is 2.33. The first kappa shape index (κ1) is 12.4. The Hall–Kier alpha value is -1.62. The Balaban J connectivity index is 3.09. The van der Waals surface area contributed by atoms with Gasteiger partial charge in [0.05, 0.1) is 7.11 Å². The minimum Gasteiger partial charge on any atom is -0.493 e. The van der Waals surface area contributed by atoms with Crippen molar-refractivity contribution in [2.45, 2.75) is 6.61 Å². The zero-order chi connectivity index (χ0) is 12.0. The molecule has 88 valence electrons. The van der Waals surface area contributed by atoms with Crippen molar-refractivity contribution in [1.82, 2.24) is 0 Å². The average molecular weight is 229 g/mol. The molecular weight excluding hydrogens is 216 g/mol. The number of halogens is 2. The monoisotopic (exact) mass is 229 g/mol. The van der Waals surface area contributed by atoms with Gasteiger partial charge in [0, 0.05) is 12.1 Å². The van der Waals surface area contributed by atoms with Gasteiger partial charge in [-0.25, -0.2) is 0 Å².